The predicted octanol–water partition coefficient (Wildman–Crippen LogP) is 3.40. The Morgan fingerprint density at radius 2 is 1.92 bits per heavy atom. The van der Waals surface area contributed by atoms with Crippen molar-refractivity contribution in [3.05, 3.63) is 0 Å². The van der Waals surface area contributed by atoms with Crippen LogP contribution >= 0.6 is 8.25 Å². The fourth-order valence-electron chi connectivity index (χ4n) is 1.23. The van der Waals surface area contributed by atoms with Crippen molar-refractivity contribution in [1.29, 1.82) is 0 Å². The van der Waals surface area contributed by atoms with E-state index in [1.807, 2.05) is 13.8 Å². The molecule has 0 aliphatic rings. The Morgan fingerprint density at radius 3 is 2.38 bits per heavy atom. The van der Waals surface area contributed by atoms with Crippen molar-refractivity contribution in [3.63, 3.8) is 0 Å². The zero-order valence-corrected chi connectivity index (χ0v) is 9.64. The van der Waals surface area contributed by atoms with Crippen molar-refractivity contribution in [2.45, 2.75) is 58.5 Å². The van der Waals surface area contributed by atoms with Crippen molar-refractivity contribution in [1.82, 2.24) is 0 Å². The molecule has 0 heterocycles. The lowest BCUT2D eigenvalue weighted by molar-refractivity contribution is 0.0910. The average molecular weight is 207 g/mol. The van der Waals surface area contributed by atoms with Crippen LogP contribution in [0.2, 0.25) is 0 Å². The van der Waals surface area contributed by atoms with E-state index in [9.17, 15) is 4.57 Å². The summed E-state index contributed by atoms with van der Waals surface area (Å²) in [4.78, 5) is 8.58. The van der Waals surface area contributed by atoms with Gasteiger partial charge in [-0.2, -0.15) is 0 Å². The minimum absolute atomic E-state index is 0.462. The Morgan fingerprint density at radius 1 is 1.31 bits per heavy atom. The summed E-state index contributed by atoms with van der Waals surface area (Å²) in [5.41, 5.74) is -0.462. The monoisotopic (exact) mass is 207 g/mol. The first-order valence-electron chi connectivity index (χ1n) is 4.83. The molecule has 0 amide bonds. The van der Waals surface area contributed by atoms with E-state index >= 15 is 0 Å². The van der Waals surface area contributed by atoms with Crippen LogP contribution in [0.4, 0.5) is 0 Å². The molecule has 0 aromatic rings. The summed E-state index contributed by atoms with van der Waals surface area (Å²) >= 11 is 0. The van der Waals surface area contributed by atoms with E-state index in [4.69, 9.17) is 9.42 Å². The largest absolute Gasteiger partial charge is 0.695 e. The Kier molecular flexibility index (Phi) is 6.48. The van der Waals surface area contributed by atoms with Crippen LogP contribution in [-0.2, 0) is 9.09 Å². The number of unbranched alkanes of at least 4 members (excludes halogenated alkanes) is 3. The van der Waals surface area contributed by atoms with Crippen LogP contribution in [0.15, 0.2) is 0 Å². The standard InChI is InChI=1S/C9H19O3P/c1-4-5-6-7-8-9(2,3)12-13(10)11/h4-8H2,1-3H3/p+1. The summed E-state index contributed by atoms with van der Waals surface area (Å²) in [6.07, 6.45) is 5.50. The van der Waals surface area contributed by atoms with Gasteiger partial charge in [-0.05, 0) is 20.3 Å². The molecule has 1 unspecified atom stereocenters. The summed E-state index contributed by atoms with van der Waals surface area (Å²) < 4.78 is 15.3. The fraction of sp³-hybridized carbons (Fsp3) is 1.00. The zero-order chi connectivity index (χ0) is 10.3. The molecule has 13 heavy (non-hydrogen) atoms. The molecule has 0 aromatic carbocycles. The van der Waals surface area contributed by atoms with Crippen molar-refractivity contribution in [2.75, 3.05) is 0 Å². The van der Waals surface area contributed by atoms with Gasteiger partial charge >= 0.3 is 8.25 Å². The summed E-state index contributed by atoms with van der Waals surface area (Å²) in [6, 6.07) is 0. The highest BCUT2D eigenvalue weighted by molar-refractivity contribution is 7.32. The summed E-state index contributed by atoms with van der Waals surface area (Å²) in [5, 5.41) is 0. The first-order valence-corrected chi connectivity index (χ1v) is 5.96. The molecule has 0 aliphatic heterocycles. The highest BCUT2D eigenvalue weighted by atomic mass is 31.1. The third-order valence-electron chi connectivity index (χ3n) is 1.96. The molecule has 0 fully saturated rings. The zero-order valence-electron chi connectivity index (χ0n) is 8.75. The van der Waals surface area contributed by atoms with Crippen molar-refractivity contribution in [3.8, 4) is 0 Å². The van der Waals surface area contributed by atoms with Gasteiger partial charge in [0.1, 0.15) is 5.60 Å². The maximum absolute atomic E-state index is 10.4. The molecule has 0 saturated carbocycles. The van der Waals surface area contributed by atoms with E-state index in [0.29, 0.717) is 0 Å². The molecule has 0 aliphatic carbocycles. The molecule has 4 heteroatoms. The van der Waals surface area contributed by atoms with E-state index in [-0.39, 0.29) is 0 Å². The Hall–Kier alpha value is 0.0200. The molecule has 0 bridgehead atoms. The molecule has 78 valence electrons. The molecule has 1 N–H and O–H groups in total. The van der Waals surface area contributed by atoms with Crippen LogP contribution in [-0.4, -0.2) is 10.5 Å². The fourth-order valence-corrected chi connectivity index (χ4v) is 1.75. The Balaban J connectivity index is 3.56. The van der Waals surface area contributed by atoms with Gasteiger partial charge in [0.25, 0.3) is 0 Å². The van der Waals surface area contributed by atoms with Crippen LogP contribution in [0.5, 0.6) is 0 Å². The predicted molar refractivity (Wildman–Crippen MR) is 53.7 cm³/mol. The number of hydrogen-bond donors (Lipinski definition) is 1. The van der Waals surface area contributed by atoms with Crippen LogP contribution in [0, 0.1) is 0 Å². The van der Waals surface area contributed by atoms with Crippen LogP contribution < -0.4 is 0 Å². The highest BCUT2D eigenvalue weighted by Crippen LogP contribution is 2.29. The molecular weight excluding hydrogens is 187 g/mol. The second kappa shape index (κ2) is 6.47. The van der Waals surface area contributed by atoms with Gasteiger partial charge in [-0.1, -0.05) is 32.6 Å². The van der Waals surface area contributed by atoms with Crippen LogP contribution in [0.3, 0.4) is 0 Å². The molecule has 0 aromatic heterocycles. The molecule has 3 nitrogen and oxygen atoms in total. The Bertz CT molecular complexity index is 157. The van der Waals surface area contributed by atoms with Gasteiger partial charge < -0.3 is 0 Å². The molecule has 1 atom stereocenters. The van der Waals surface area contributed by atoms with E-state index in [2.05, 4.69) is 6.92 Å². The van der Waals surface area contributed by atoms with Crippen LogP contribution in [0.1, 0.15) is 52.9 Å². The second-order valence-electron chi connectivity index (χ2n) is 3.90. The molecule has 0 rings (SSSR count). The second-order valence-corrected chi connectivity index (χ2v) is 4.56. The molecular formula is C9H20O3P+. The van der Waals surface area contributed by atoms with Gasteiger partial charge in [0, 0.05) is 4.57 Å². The third kappa shape index (κ3) is 8.35. The van der Waals surface area contributed by atoms with Crippen molar-refractivity contribution < 1.29 is 14.0 Å². The maximum Gasteiger partial charge on any atom is 0.695 e. The van der Waals surface area contributed by atoms with Crippen LogP contribution in [0.25, 0.3) is 0 Å². The minimum atomic E-state index is -2.46. The maximum atomic E-state index is 10.4. The van der Waals surface area contributed by atoms with Gasteiger partial charge in [0.15, 0.2) is 0 Å². The van der Waals surface area contributed by atoms with Gasteiger partial charge in [-0.15, -0.1) is 9.42 Å². The van der Waals surface area contributed by atoms with Gasteiger partial charge in [-0.25, -0.2) is 0 Å². The summed E-state index contributed by atoms with van der Waals surface area (Å²) in [7, 11) is -2.46. The van der Waals surface area contributed by atoms with E-state index in [1.54, 1.807) is 0 Å². The first kappa shape index (κ1) is 13.0. The lowest BCUT2D eigenvalue weighted by Crippen LogP contribution is -2.20. The smallest absolute Gasteiger partial charge is 0.133 e. The van der Waals surface area contributed by atoms with Gasteiger partial charge in [0.05, 0.1) is 0 Å². The van der Waals surface area contributed by atoms with Gasteiger partial charge in [0.2, 0.25) is 0 Å². The van der Waals surface area contributed by atoms with Gasteiger partial charge in [-0.3, -0.25) is 0 Å². The minimum Gasteiger partial charge on any atom is -0.133 e. The lowest BCUT2D eigenvalue weighted by atomic mass is 10.0. The van der Waals surface area contributed by atoms with E-state index in [1.165, 1.54) is 19.3 Å². The molecule has 0 radical (unpaired) electrons. The summed E-state index contributed by atoms with van der Waals surface area (Å²) in [6.45, 7) is 5.86. The van der Waals surface area contributed by atoms with E-state index < -0.39 is 13.9 Å². The van der Waals surface area contributed by atoms with Crippen molar-refractivity contribution in [2.24, 2.45) is 0 Å². The number of hydrogen-bond acceptors (Lipinski definition) is 2. The SMILES string of the molecule is CCCCCCC(C)(C)O[P+](=O)O. The normalized spacial score (nSPS) is 13.1. The number of rotatable bonds is 7. The molecule has 0 saturated heterocycles. The topological polar surface area (TPSA) is 46.5 Å². The Labute approximate surface area is 81.4 Å². The van der Waals surface area contributed by atoms with E-state index in [0.717, 1.165) is 12.8 Å². The summed E-state index contributed by atoms with van der Waals surface area (Å²) in [5.74, 6) is 0. The quantitative estimate of drug-likeness (QED) is 0.514. The average Bonchev–Trinajstić information content (AvgIpc) is 1.95. The first-order chi connectivity index (χ1) is 5.98. The highest BCUT2D eigenvalue weighted by Gasteiger charge is 2.29. The lowest BCUT2D eigenvalue weighted by Gasteiger charge is -2.16. The molecule has 0 spiro atoms. The van der Waals surface area contributed by atoms with Crippen molar-refractivity contribution >= 4 is 8.25 Å². The third-order valence-corrected chi connectivity index (χ3v) is 2.61.